The molecule has 2 unspecified atom stereocenters. The van der Waals surface area contributed by atoms with E-state index >= 15 is 0 Å². The van der Waals surface area contributed by atoms with Gasteiger partial charge in [-0.05, 0) is 0 Å². The number of fused-ring (bicyclic) bond motifs is 1. The van der Waals surface area contributed by atoms with Gasteiger partial charge in [-0.25, -0.2) is 19.6 Å². The van der Waals surface area contributed by atoms with Gasteiger partial charge in [0.15, 0.2) is 23.0 Å². The Morgan fingerprint density at radius 3 is 2.80 bits per heavy atom. The van der Waals surface area contributed by atoms with Gasteiger partial charge in [0.25, 0.3) is 8.53 Å². The van der Waals surface area contributed by atoms with Crippen molar-refractivity contribution in [3.05, 3.63) is 48.5 Å². The van der Waals surface area contributed by atoms with E-state index in [1.807, 2.05) is 0 Å². The molecule has 3 aromatic rings. The van der Waals surface area contributed by atoms with Crippen LogP contribution < -0.4 is 11.2 Å². The monoisotopic (exact) mass is 507 g/mol. The number of Topliss-reactive ketones (excluding diaryl/α,β-unsaturated/α-hetero) is 1. The van der Waals surface area contributed by atoms with Crippen molar-refractivity contribution in [3.8, 4) is 0 Å². The summed E-state index contributed by atoms with van der Waals surface area (Å²) in [5.41, 5.74) is 12.2. The van der Waals surface area contributed by atoms with Crippen molar-refractivity contribution < 1.29 is 34.0 Å². The van der Waals surface area contributed by atoms with Crippen LogP contribution in [0.3, 0.4) is 0 Å². The standard InChI is InChI=1S/C20H26N7O7P/c1-26(34-35(22)31)8-13(17(29)12-5-3-2-4-6-12)33-20(30)7-15(32-14(20)9-28)27-11-25-16-18(21)23-10-24-19(16)27/h2-6,10-11,13-15,28,30-31H,7-9,22H2,1H3,(H2,21,23,24)/t13?,14-,15-,20-,35?/m1/s1. The van der Waals surface area contributed by atoms with E-state index in [2.05, 4.69) is 15.0 Å². The van der Waals surface area contributed by atoms with Gasteiger partial charge in [0.1, 0.15) is 30.3 Å². The Bertz CT molecular complexity index is 1170. The topological polar surface area (TPSA) is 204 Å². The lowest BCUT2D eigenvalue weighted by atomic mass is 10.0. The van der Waals surface area contributed by atoms with E-state index in [-0.39, 0.29) is 18.8 Å². The number of hydrogen-bond donors (Lipinski definition) is 5. The molecule has 14 nitrogen and oxygen atoms in total. The van der Waals surface area contributed by atoms with Crippen LogP contribution in [0.15, 0.2) is 43.0 Å². The number of benzene rings is 1. The minimum Gasteiger partial charge on any atom is -0.393 e. The van der Waals surface area contributed by atoms with Crippen LogP contribution in [-0.4, -0.2) is 83.7 Å². The Morgan fingerprint density at radius 1 is 1.37 bits per heavy atom. The molecule has 1 fully saturated rings. The normalized spacial score (nSPS) is 24.2. The number of rotatable bonds is 10. The Labute approximate surface area is 201 Å². The van der Waals surface area contributed by atoms with E-state index in [1.165, 1.54) is 24.3 Å². The molecule has 4 rings (SSSR count). The fourth-order valence-electron chi connectivity index (χ4n) is 3.90. The van der Waals surface area contributed by atoms with Crippen LogP contribution >= 0.6 is 8.53 Å². The van der Waals surface area contributed by atoms with Crippen LogP contribution in [0.2, 0.25) is 0 Å². The molecule has 188 valence electrons. The Balaban J connectivity index is 1.61. The highest BCUT2D eigenvalue weighted by molar-refractivity contribution is 7.43. The maximum absolute atomic E-state index is 13.3. The number of nitrogens with two attached hydrogens (primary N) is 2. The van der Waals surface area contributed by atoms with Crippen molar-refractivity contribution in [3.63, 3.8) is 0 Å². The number of anilines is 1. The Kier molecular flexibility index (Phi) is 7.66. The summed E-state index contributed by atoms with van der Waals surface area (Å²) >= 11 is 0. The Hall–Kier alpha value is -2.65. The number of aromatic nitrogens is 4. The van der Waals surface area contributed by atoms with E-state index in [9.17, 15) is 19.9 Å². The van der Waals surface area contributed by atoms with Gasteiger partial charge in [0, 0.05) is 19.0 Å². The lowest BCUT2D eigenvalue weighted by Crippen LogP contribution is -2.50. The lowest BCUT2D eigenvalue weighted by molar-refractivity contribution is -0.255. The molecule has 15 heteroatoms. The van der Waals surface area contributed by atoms with Gasteiger partial charge in [-0.1, -0.05) is 30.3 Å². The molecule has 0 amide bonds. The zero-order valence-electron chi connectivity index (χ0n) is 18.7. The minimum atomic E-state index is -2.24. The van der Waals surface area contributed by atoms with E-state index in [0.717, 1.165) is 5.06 Å². The summed E-state index contributed by atoms with van der Waals surface area (Å²) in [7, 11) is -0.782. The summed E-state index contributed by atoms with van der Waals surface area (Å²) < 4.78 is 18.4. The molecule has 1 aliphatic rings. The van der Waals surface area contributed by atoms with Crippen LogP contribution in [0.25, 0.3) is 11.2 Å². The van der Waals surface area contributed by atoms with Gasteiger partial charge < -0.3 is 30.3 Å². The quantitative estimate of drug-likeness (QED) is 0.103. The number of carbonyl (C=O) groups excluding carboxylic acids is 1. The average Bonchev–Trinajstić information content (AvgIpc) is 3.40. The number of likely N-dealkylation sites (N-methyl/N-ethyl adjacent to an activating group) is 1. The third kappa shape index (κ3) is 5.46. The molecule has 0 spiro atoms. The average molecular weight is 507 g/mol. The van der Waals surface area contributed by atoms with Crippen LogP contribution in [0, 0.1) is 0 Å². The highest BCUT2D eigenvalue weighted by atomic mass is 31.2. The first kappa shape index (κ1) is 25.4. The summed E-state index contributed by atoms with van der Waals surface area (Å²) in [6.07, 6.45) is -0.774. The van der Waals surface area contributed by atoms with Crippen LogP contribution in [0.4, 0.5) is 5.82 Å². The molecule has 1 aliphatic heterocycles. The second-order valence-corrected chi connectivity index (χ2v) is 8.69. The number of hydroxylamine groups is 2. The molecule has 7 N–H and O–H groups in total. The fourth-order valence-corrected chi connectivity index (χ4v) is 4.25. The molecular weight excluding hydrogens is 481 g/mol. The van der Waals surface area contributed by atoms with E-state index in [1.54, 1.807) is 30.3 Å². The summed E-state index contributed by atoms with van der Waals surface area (Å²) in [6.45, 7) is -0.784. The van der Waals surface area contributed by atoms with Gasteiger partial charge in [0.05, 0.1) is 19.5 Å². The zero-order chi connectivity index (χ0) is 25.2. The molecule has 35 heavy (non-hydrogen) atoms. The SMILES string of the molecule is CN(CC(O[C@]1(O)C[C@H](n2cnc3c(N)ncnc32)O[C@@H]1CO)C(=O)c1ccccc1)OP(N)O. The van der Waals surface area contributed by atoms with E-state index in [4.69, 9.17) is 25.3 Å². The number of imidazole rings is 1. The minimum absolute atomic E-state index is 0.166. The van der Waals surface area contributed by atoms with Gasteiger partial charge in [0.2, 0.25) is 0 Å². The smallest absolute Gasteiger partial charge is 0.268 e. The second kappa shape index (κ2) is 10.5. The predicted molar refractivity (Wildman–Crippen MR) is 123 cm³/mol. The van der Waals surface area contributed by atoms with Gasteiger partial charge in [-0.15, -0.1) is 0 Å². The van der Waals surface area contributed by atoms with Crippen molar-refractivity contribution in [1.82, 2.24) is 24.6 Å². The first-order valence-electron chi connectivity index (χ1n) is 10.5. The molecule has 0 bridgehead atoms. The van der Waals surface area contributed by atoms with E-state index < -0.39 is 45.1 Å². The number of aliphatic hydroxyl groups excluding tert-OH is 1. The van der Waals surface area contributed by atoms with Gasteiger partial charge in [-0.2, -0.15) is 5.06 Å². The number of nitrogen functional groups attached to an aromatic ring is 1. The first-order chi connectivity index (χ1) is 16.7. The van der Waals surface area contributed by atoms with E-state index in [0.29, 0.717) is 16.7 Å². The molecule has 2 aromatic heterocycles. The predicted octanol–water partition coefficient (Wildman–Crippen LogP) is -0.314. The molecule has 0 aliphatic carbocycles. The second-order valence-electron chi connectivity index (χ2n) is 7.93. The van der Waals surface area contributed by atoms with Crippen LogP contribution in [0.1, 0.15) is 23.0 Å². The number of ketones is 1. The summed E-state index contributed by atoms with van der Waals surface area (Å²) in [5, 5.41) is 22.5. The van der Waals surface area contributed by atoms with Crippen molar-refractivity contribution in [2.24, 2.45) is 5.50 Å². The molecule has 1 saturated heterocycles. The first-order valence-corrected chi connectivity index (χ1v) is 11.8. The maximum Gasteiger partial charge on any atom is 0.268 e. The highest BCUT2D eigenvalue weighted by Crippen LogP contribution is 2.40. The number of aliphatic hydroxyl groups is 2. The largest absolute Gasteiger partial charge is 0.393 e. The molecule has 3 heterocycles. The molecule has 1 aromatic carbocycles. The summed E-state index contributed by atoms with van der Waals surface area (Å²) in [5.74, 6) is -2.35. The highest BCUT2D eigenvalue weighted by Gasteiger charge is 2.51. The number of hydrogen-bond acceptors (Lipinski definition) is 13. The fraction of sp³-hybridized carbons (Fsp3) is 0.400. The Morgan fingerprint density at radius 2 is 2.11 bits per heavy atom. The number of carbonyl (C=O) groups is 1. The van der Waals surface area contributed by atoms with Crippen molar-refractivity contribution in [1.29, 1.82) is 0 Å². The third-order valence-electron chi connectivity index (χ3n) is 5.50. The molecule has 5 atom stereocenters. The number of nitrogens with zero attached hydrogens (tertiary/aromatic N) is 5. The lowest BCUT2D eigenvalue weighted by Gasteiger charge is -2.32. The van der Waals surface area contributed by atoms with Crippen molar-refractivity contribution >= 4 is 31.3 Å². The molecule has 0 saturated carbocycles. The van der Waals surface area contributed by atoms with Gasteiger partial charge in [-0.3, -0.25) is 14.9 Å². The van der Waals surface area contributed by atoms with Crippen LogP contribution in [-0.2, 0) is 14.1 Å². The molecule has 0 radical (unpaired) electrons. The van der Waals surface area contributed by atoms with Crippen molar-refractivity contribution in [2.45, 2.75) is 30.6 Å². The van der Waals surface area contributed by atoms with Crippen LogP contribution in [0.5, 0.6) is 0 Å². The zero-order valence-corrected chi connectivity index (χ0v) is 19.6. The van der Waals surface area contributed by atoms with Crippen molar-refractivity contribution in [2.75, 3.05) is 25.9 Å². The third-order valence-corrected chi connectivity index (χ3v) is 5.94. The summed E-state index contributed by atoms with van der Waals surface area (Å²) in [6, 6.07) is 8.34. The molecular formula is C20H26N7O7P. The number of ether oxygens (including phenoxy) is 2. The summed E-state index contributed by atoms with van der Waals surface area (Å²) in [4.78, 5) is 34.9. The maximum atomic E-state index is 13.3. The van der Waals surface area contributed by atoms with Gasteiger partial charge >= 0.3 is 0 Å².